The Labute approximate surface area is 91.4 Å². The van der Waals surface area contributed by atoms with Crippen molar-refractivity contribution >= 4 is 11.5 Å². The van der Waals surface area contributed by atoms with Crippen molar-refractivity contribution in [3.05, 3.63) is 36.2 Å². The van der Waals surface area contributed by atoms with Gasteiger partial charge in [-0.2, -0.15) is 0 Å². The maximum absolute atomic E-state index is 7.40. The molecule has 0 saturated carbocycles. The topological polar surface area (TPSA) is 53.1 Å². The summed E-state index contributed by atoms with van der Waals surface area (Å²) in [4.78, 5) is 2.20. The highest BCUT2D eigenvalue weighted by molar-refractivity contribution is 5.96. The smallest absolute Gasteiger partial charge is 0.122 e. The number of hydrogen-bond donors (Lipinski definition) is 2. The van der Waals surface area contributed by atoms with E-state index in [0.29, 0.717) is 0 Å². The third-order valence-electron chi connectivity index (χ3n) is 2.50. The normalized spacial score (nSPS) is 10.1. The van der Waals surface area contributed by atoms with Crippen molar-refractivity contribution in [3.8, 4) is 0 Å². The summed E-state index contributed by atoms with van der Waals surface area (Å²) in [6.07, 6.45) is 0. The van der Waals surface area contributed by atoms with E-state index in [0.717, 1.165) is 29.9 Å². The molecular weight excluding hydrogens is 186 g/mol. The fourth-order valence-corrected chi connectivity index (χ4v) is 1.59. The first-order valence-electron chi connectivity index (χ1n) is 5.15. The van der Waals surface area contributed by atoms with Crippen LogP contribution in [-0.4, -0.2) is 18.9 Å². The van der Waals surface area contributed by atoms with E-state index in [2.05, 4.69) is 25.7 Å². The molecule has 0 amide bonds. The van der Waals surface area contributed by atoms with Gasteiger partial charge in [0.1, 0.15) is 5.84 Å². The Kier molecular flexibility index (Phi) is 3.72. The SMILES string of the molecule is [CH2]c1ccc(C(=N)N)cc1N(CC)CC. The molecule has 0 aliphatic heterocycles. The molecule has 0 bridgehead atoms. The van der Waals surface area contributed by atoms with Gasteiger partial charge < -0.3 is 10.6 Å². The molecule has 0 fully saturated rings. The van der Waals surface area contributed by atoms with Gasteiger partial charge >= 0.3 is 0 Å². The predicted octanol–water partition coefficient (Wildman–Crippen LogP) is 2.00. The van der Waals surface area contributed by atoms with Gasteiger partial charge in [0, 0.05) is 24.3 Å². The Morgan fingerprint density at radius 1 is 1.40 bits per heavy atom. The van der Waals surface area contributed by atoms with Crippen LogP contribution >= 0.6 is 0 Å². The molecule has 1 radical (unpaired) electrons. The first kappa shape index (κ1) is 11.6. The second kappa shape index (κ2) is 4.82. The molecule has 1 rings (SSSR count). The average Bonchev–Trinajstić information content (AvgIpc) is 2.22. The van der Waals surface area contributed by atoms with Crippen molar-refractivity contribution in [1.29, 1.82) is 5.41 Å². The van der Waals surface area contributed by atoms with Gasteiger partial charge in [0.25, 0.3) is 0 Å². The van der Waals surface area contributed by atoms with Gasteiger partial charge in [-0.3, -0.25) is 5.41 Å². The highest BCUT2D eigenvalue weighted by Gasteiger charge is 2.07. The van der Waals surface area contributed by atoms with Crippen molar-refractivity contribution in [2.45, 2.75) is 13.8 Å². The number of nitrogens with two attached hydrogens (primary N) is 1. The zero-order chi connectivity index (χ0) is 11.4. The van der Waals surface area contributed by atoms with Gasteiger partial charge in [-0.1, -0.05) is 12.1 Å². The second-order valence-corrected chi connectivity index (χ2v) is 3.43. The molecule has 3 heteroatoms. The van der Waals surface area contributed by atoms with Crippen LogP contribution in [0.15, 0.2) is 18.2 Å². The number of benzene rings is 1. The third kappa shape index (κ3) is 2.49. The molecule has 0 unspecified atom stereocenters. The molecule has 0 aliphatic rings. The fraction of sp³-hybridized carbons (Fsp3) is 0.333. The van der Waals surface area contributed by atoms with Crippen molar-refractivity contribution in [2.24, 2.45) is 5.73 Å². The van der Waals surface area contributed by atoms with Crippen molar-refractivity contribution in [2.75, 3.05) is 18.0 Å². The summed E-state index contributed by atoms with van der Waals surface area (Å²) in [7, 11) is 0. The number of nitrogens with one attached hydrogen (secondary N) is 1. The van der Waals surface area contributed by atoms with Crippen molar-refractivity contribution < 1.29 is 0 Å². The highest BCUT2D eigenvalue weighted by Crippen LogP contribution is 2.21. The lowest BCUT2D eigenvalue weighted by Gasteiger charge is -2.23. The van der Waals surface area contributed by atoms with E-state index in [1.54, 1.807) is 0 Å². The van der Waals surface area contributed by atoms with Gasteiger partial charge in [-0.15, -0.1) is 0 Å². The number of nitrogen functional groups attached to an aromatic ring is 1. The molecule has 0 aliphatic carbocycles. The Morgan fingerprint density at radius 3 is 2.47 bits per heavy atom. The predicted molar refractivity (Wildman–Crippen MR) is 65.5 cm³/mol. The summed E-state index contributed by atoms with van der Waals surface area (Å²) in [5.74, 6) is 0.100. The van der Waals surface area contributed by atoms with Crippen molar-refractivity contribution in [3.63, 3.8) is 0 Å². The third-order valence-corrected chi connectivity index (χ3v) is 2.50. The quantitative estimate of drug-likeness (QED) is 0.582. The summed E-state index contributed by atoms with van der Waals surface area (Å²) in [5, 5.41) is 7.40. The summed E-state index contributed by atoms with van der Waals surface area (Å²) >= 11 is 0. The van der Waals surface area contributed by atoms with Crippen LogP contribution in [0.2, 0.25) is 0 Å². The zero-order valence-electron chi connectivity index (χ0n) is 9.38. The Balaban J connectivity index is 3.15. The second-order valence-electron chi connectivity index (χ2n) is 3.43. The van der Waals surface area contributed by atoms with Gasteiger partial charge in [-0.25, -0.2) is 0 Å². The van der Waals surface area contributed by atoms with Crippen LogP contribution < -0.4 is 10.6 Å². The molecule has 0 heterocycles. The Bertz CT molecular complexity index is 354. The van der Waals surface area contributed by atoms with Crippen LogP contribution in [0.25, 0.3) is 0 Å². The molecule has 0 atom stereocenters. The largest absolute Gasteiger partial charge is 0.384 e. The molecule has 15 heavy (non-hydrogen) atoms. The molecular formula is C12H18N3. The fourth-order valence-electron chi connectivity index (χ4n) is 1.59. The number of amidine groups is 1. The van der Waals surface area contributed by atoms with Gasteiger partial charge in [0.2, 0.25) is 0 Å². The monoisotopic (exact) mass is 204 g/mol. The molecule has 0 aromatic heterocycles. The van der Waals surface area contributed by atoms with Crippen LogP contribution in [0.3, 0.4) is 0 Å². The number of rotatable bonds is 4. The molecule has 1 aromatic rings. The van der Waals surface area contributed by atoms with Crippen LogP contribution in [0, 0.1) is 12.3 Å². The van der Waals surface area contributed by atoms with Crippen molar-refractivity contribution in [1.82, 2.24) is 0 Å². The minimum absolute atomic E-state index is 0.100. The molecule has 3 N–H and O–H groups in total. The lowest BCUT2D eigenvalue weighted by atomic mass is 10.1. The summed E-state index contributed by atoms with van der Waals surface area (Å²) in [6, 6.07) is 5.67. The number of hydrogen-bond acceptors (Lipinski definition) is 2. The first-order valence-corrected chi connectivity index (χ1v) is 5.15. The van der Waals surface area contributed by atoms with E-state index in [4.69, 9.17) is 11.1 Å². The molecule has 81 valence electrons. The Hall–Kier alpha value is -1.51. The average molecular weight is 204 g/mol. The van der Waals surface area contributed by atoms with E-state index in [-0.39, 0.29) is 5.84 Å². The highest BCUT2D eigenvalue weighted by atomic mass is 15.1. The first-order chi connectivity index (χ1) is 7.10. The van der Waals surface area contributed by atoms with Crippen LogP contribution in [0.5, 0.6) is 0 Å². The van der Waals surface area contributed by atoms with E-state index < -0.39 is 0 Å². The lowest BCUT2D eigenvalue weighted by Crippen LogP contribution is -2.23. The van der Waals surface area contributed by atoms with E-state index in [1.165, 1.54) is 0 Å². The number of anilines is 1. The summed E-state index contributed by atoms with van der Waals surface area (Å²) in [5.41, 5.74) is 8.25. The van der Waals surface area contributed by atoms with Gasteiger partial charge in [0.05, 0.1) is 0 Å². The molecule has 0 spiro atoms. The van der Waals surface area contributed by atoms with E-state index >= 15 is 0 Å². The maximum atomic E-state index is 7.40. The van der Waals surface area contributed by atoms with Gasteiger partial charge in [-0.05, 0) is 32.4 Å². The summed E-state index contributed by atoms with van der Waals surface area (Å²) < 4.78 is 0. The summed E-state index contributed by atoms with van der Waals surface area (Å²) in [6.45, 7) is 10.0. The zero-order valence-corrected chi connectivity index (χ0v) is 9.38. The van der Waals surface area contributed by atoms with E-state index in [9.17, 15) is 0 Å². The van der Waals surface area contributed by atoms with E-state index in [1.807, 2.05) is 18.2 Å². The lowest BCUT2D eigenvalue weighted by molar-refractivity contribution is 0.864. The van der Waals surface area contributed by atoms with Crippen LogP contribution in [-0.2, 0) is 0 Å². The van der Waals surface area contributed by atoms with Gasteiger partial charge in [0.15, 0.2) is 0 Å². The number of nitrogens with zero attached hydrogens (tertiary/aromatic N) is 1. The molecule has 0 saturated heterocycles. The molecule has 1 aromatic carbocycles. The standard InChI is InChI=1S/C12H18N3/c1-4-15(5-2)11-8-10(12(13)14)7-6-9(11)3/h6-8H,3-5H2,1-2H3,(H3,13,14). The van der Waals surface area contributed by atoms with Crippen LogP contribution in [0.4, 0.5) is 5.69 Å². The minimum Gasteiger partial charge on any atom is -0.384 e. The minimum atomic E-state index is 0.100. The Morgan fingerprint density at radius 2 is 2.00 bits per heavy atom. The van der Waals surface area contributed by atoms with Crippen LogP contribution in [0.1, 0.15) is 25.0 Å². The maximum Gasteiger partial charge on any atom is 0.122 e. The molecule has 3 nitrogen and oxygen atoms in total.